The third-order valence-electron chi connectivity index (χ3n) is 4.93. The maximum absolute atomic E-state index is 12.8. The van der Waals surface area contributed by atoms with Crippen LogP contribution >= 0.6 is 0 Å². The summed E-state index contributed by atoms with van der Waals surface area (Å²) >= 11 is 0. The van der Waals surface area contributed by atoms with Crippen molar-refractivity contribution in [1.82, 2.24) is 14.9 Å². The van der Waals surface area contributed by atoms with Gasteiger partial charge in [-0.25, -0.2) is 4.79 Å². The maximum Gasteiger partial charge on any atom is 0.335 e. The number of likely N-dealkylation sites (tertiary alicyclic amines) is 1. The Morgan fingerprint density at radius 3 is 2.85 bits per heavy atom. The van der Waals surface area contributed by atoms with Gasteiger partial charge in [0.05, 0.1) is 5.56 Å². The summed E-state index contributed by atoms with van der Waals surface area (Å²) < 4.78 is 0. The normalized spacial score (nSPS) is 17.4. The van der Waals surface area contributed by atoms with Gasteiger partial charge in [-0.05, 0) is 42.5 Å². The molecule has 1 atom stereocenters. The van der Waals surface area contributed by atoms with Crippen molar-refractivity contribution in [1.29, 1.82) is 0 Å². The lowest BCUT2D eigenvalue weighted by molar-refractivity contribution is 0.0696. The monoisotopic (exact) mass is 349 g/mol. The number of aromatic nitrogens is 2. The molecule has 132 valence electrons. The number of carbonyl (C=O) groups is 2. The summed E-state index contributed by atoms with van der Waals surface area (Å²) in [6.45, 7) is 1.26. The van der Waals surface area contributed by atoms with E-state index < -0.39 is 5.97 Å². The van der Waals surface area contributed by atoms with E-state index in [4.69, 9.17) is 5.11 Å². The molecule has 0 radical (unpaired) electrons. The average Bonchev–Trinajstić information content (AvgIpc) is 3.12. The first-order chi connectivity index (χ1) is 12.6. The van der Waals surface area contributed by atoms with Crippen molar-refractivity contribution >= 4 is 22.8 Å². The predicted molar refractivity (Wildman–Crippen MR) is 97.4 cm³/mol. The Balaban J connectivity index is 1.55. The van der Waals surface area contributed by atoms with Crippen molar-refractivity contribution in [2.45, 2.75) is 18.8 Å². The Bertz CT molecular complexity index is 946. The fourth-order valence-corrected chi connectivity index (χ4v) is 3.57. The lowest BCUT2D eigenvalue weighted by Crippen LogP contribution is -2.39. The largest absolute Gasteiger partial charge is 0.478 e. The van der Waals surface area contributed by atoms with Crippen LogP contribution in [-0.2, 0) is 0 Å². The number of nitrogens with zero attached hydrogens (tertiary/aromatic N) is 2. The van der Waals surface area contributed by atoms with Crippen LogP contribution in [0.2, 0.25) is 0 Å². The molecule has 1 fully saturated rings. The number of amides is 1. The van der Waals surface area contributed by atoms with E-state index in [0.29, 0.717) is 13.1 Å². The first kappa shape index (κ1) is 16.3. The number of carbonyl (C=O) groups excluding carboxylic acids is 1. The third-order valence-corrected chi connectivity index (χ3v) is 4.93. The van der Waals surface area contributed by atoms with Gasteiger partial charge in [0.25, 0.3) is 5.91 Å². The number of aromatic amines is 1. The van der Waals surface area contributed by atoms with Crippen LogP contribution in [-0.4, -0.2) is 44.9 Å². The van der Waals surface area contributed by atoms with Crippen LogP contribution in [0.5, 0.6) is 0 Å². The summed E-state index contributed by atoms with van der Waals surface area (Å²) in [6.07, 6.45) is 3.29. The molecule has 2 aromatic heterocycles. The number of pyridine rings is 1. The Morgan fingerprint density at radius 2 is 2.04 bits per heavy atom. The molecule has 0 saturated carbocycles. The molecule has 6 nitrogen and oxygen atoms in total. The highest BCUT2D eigenvalue weighted by molar-refractivity contribution is 5.96. The topological polar surface area (TPSA) is 86.3 Å². The fourth-order valence-electron chi connectivity index (χ4n) is 3.57. The number of para-hydroxylation sites is 1. The minimum atomic E-state index is -1.06. The molecule has 1 aliphatic rings. The Morgan fingerprint density at radius 1 is 1.19 bits per heavy atom. The lowest BCUT2D eigenvalue weighted by Gasteiger charge is -2.32. The van der Waals surface area contributed by atoms with Gasteiger partial charge in [-0.3, -0.25) is 9.78 Å². The molecular weight excluding hydrogens is 330 g/mol. The first-order valence-electron chi connectivity index (χ1n) is 8.68. The van der Waals surface area contributed by atoms with Crippen molar-refractivity contribution in [2.24, 2.45) is 0 Å². The zero-order valence-electron chi connectivity index (χ0n) is 14.2. The number of fused-ring (bicyclic) bond motifs is 1. The number of carboxylic acids is 1. The van der Waals surface area contributed by atoms with Crippen LogP contribution < -0.4 is 0 Å². The van der Waals surface area contributed by atoms with Crippen LogP contribution in [0.15, 0.2) is 48.7 Å². The van der Waals surface area contributed by atoms with Gasteiger partial charge in [-0.15, -0.1) is 0 Å². The Labute approximate surface area is 150 Å². The number of nitrogens with one attached hydrogen (secondary N) is 1. The summed E-state index contributed by atoms with van der Waals surface area (Å²) in [6, 6.07) is 13.0. The standard InChI is InChI=1S/C20H19N3O3/c24-19(18-11-14(20(25)26)7-8-21-18)23-9-3-5-15(12-23)17-10-13-4-1-2-6-16(13)22-17/h1-2,4,6-8,10-11,15,22H,3,5,9,12H2,(H,25,26). The molecule has 1 amide bonds. The van der Waals surface area contributed by atoms with E-state index in [-0.39, 0.29) is 23.1 Å². The molecule has 0 bridgehead atoms. The van der Waals surface area contributed by atoms with Gasteiger partial charge < -0.3 is 15.0 Å². The molecule has 3 heterocycles. The number of rotatable bonds is 3. The molecule has 1 aliphatic heterocycles. The zero-order chi connectivity index (χ0) is 18.1. The molecule has 3 aromatic rings. The van der Waals surface area contributed by atoms with E-state index in [1.165, 1.54) is 23.7 Å². The number of aromatic carboxylic acids is 1. The van der Waals surface area contributed by atoms with Crippen molar-refractivity contribution in [2.75, 3.05) is 13.1 Å². The molecule has 6 heteroatoms. The van der Waals surface area contributed by atoms with Crippen molar-refractivity contribution < 1.29 is 14.7 Å². The van der Waals surface area contributed by atoms with Gasteiger partial charge in [-0.2, -0.15) is 0 Å². The van der Waals surface area contributed by atoms with Crippen molar-refractivity contribution in [3.8, 4) is 0 Å². The van der Waals surface area contributed by atoms with Gasteiger partial charge in [0.1, 0.15) is 5.69 Å². The molecule has 2 N–H and O–H groups in total. The molecule has 0 aliphatic carbocycles. The number of H-pyrrole nitrogens is 1. The second kappa shape index (κ2) is 6.63. The summed E-state index contributed by atoms with van der Waals surface area (Å²) in [5.74, 6) is -1.03. The predicted octanol–water partition coefficient (Wildman–Crippen LogP) is 3.28. The molecule has 0 spiro atoms. The minimum Gasteiger partial charge on any atom is -0.478 e. The van der Waals surface area contributed by atoms with E-state index in [2.05, 4.69) is 22.1 Å². The quantitative estimate of drug-likeness (QED) is 0.760. The summed E-state index contributed by atoms with van der Waals surface area (Å²) in [4.78, 5) is 33.2. The molecular formula is C20H19N3O3. The molecule has 26 heavy (non-hydrogen) atoms. The van der Waals surface area contributed by atoms with E-state index in [1.807, 2.05) is 18.2 Å². The molecule has 1 unspecified atom stereocenters. The van der Waals surface area contributed by atoms with E-state index >= 15 is 0 Å². The number of benzene rings is 1. The average molecular weight is 349 g/mol. The number of carboxylic acid groups (broad SMARTS) is 1. The SMILES string of the molecule is O=C(O)c1ccnc(C(=O)N2CCCC(c3cc4ccccc4[nH]3)C2)c1. The second-order valence-electron chi connectivity index (χ2n) is 6.64. The summed E-state index contributed by atoms with van der Waals surface area (Å²) in [5, 5.41) is 10.3. The van der Waals surface area contributed by atoms with Crippen LogP contribution in [0, 0.1) is 0 Å². The maximum atomic E-state index is 12.8. The van der Waals surface area contributed by atoms with Gasteiger partial charge in [-0.1, -0.05) is 18.2 Å². The van der Waals surface area contributed by atoms with Gasteiger partial charge in [0, 0.05) is 36.4 Å². The van der Waals surface area contributed by atoms with Crippen LogP contribution in [0.1, 0.15) is 45.3 Å². The number of piperidine rings is 1. The number of hydrogen-bond donors (Lipinski definition) is 2. The van der Waals surface area contributed by atoms with Crippen LogP contribution in [0.4, 0.5) is 0 Å². The lowest BCUT2D eigenvalue weighted by atomic mass is 9.94. The first-order valence-corrected chi connectivity index (χ1v) is 8.68. The zero-order valence-corrected chi connectivity index (χ0v) is 14.2. The summed E-state index contributed by atoms with van der Waals surface area (Å²) in [7, 11) is 0. The molecule has 1 aromatic carbocycles. The summed E-state index contributed by atoms with van der Waals surface area (Å²) in [5.41, 5.74) is 2.49. The fraction of sp³-hybridized carbons (Fsp3) is 0.250. The Hall–Kier alpha value is -3.15. The van der Waals surface area contributed by atoms with Crippen molar-refractivity contribution in [3.05, 3.63) is 65.6 Å². The van der Waals surface area contributed by atoms with E-state index in [9.17, 15) is 9.59 Å². The number of hydrogen-bond acceptors (Lipinski definition) is 3. The highest BCUT2D eigenvalue weighted by Gasteiger charge is 2.27. The third kappa shape index (κ3) is 3.06. The van der Waals surface area contributed by atoms with E-state index in [1.54, 1.807) is 4.90 Å². The van der Waals surface area contributed by atoms with Crippen molar-refractivity contribution in [3.63, 3.8) is 0 Å². The van der Waals surface area contributed by atoms with E-state index in [0.717, 1.165) is 24.1 Å². The van der Waals surface area contributed by atoms with Crippen LogP contribution in [0.25, 0.3) is 10.9 Å². The Kier molecular flexibility index (Phi) is 4.16. The smallest absolute Gasteiger partial charge is 0.335 e. The van der Waals surface area contributed by atoms with Gasteiger partial charge in [0.15, 0.2) is 0 Å². The highest BCUT2D eigenvalue weighted by atomic mass is 16.4. The second-order valence-corrected chi connectivity index (χ2v) is 6.64. The van der Waals surface area contributed by atoms with Gasteiger partial charge >= 0.3 is 5.97 Å². The molecule has 4 rings (SSSR count). The molecule has 1 saturated heterocycles. The minimum absolute atomic E-state index is 0.0764. The van der Waals surface area contributed by atoms with Gasteiger partial charge in [0.2, 0.25) is 0 Å². The van der Waals surface area contributed by atoms with Crippen LogP contribution in [0.3, 0.4) is 0 Å². The highest BCUT2D eigenvalue weighted by Crippen LogP contribution is 2.29.